The summed E-state index contributed by atoms with van der Waals surface area (Å²) in [5.74, 6) is -0.402. The van der Waals surface area contributed by atoms with Gasteiger partial charge in [-0.15, -0.1) is 0 Å². The molecule has 1 N–H and O–H groups in total. The van der Waals surface area contributed by atoms with Crippen LogP contribution in [0.5, 0.6) is 0 Å². The quantitative estimate of drug-likeness (QED) is 0.452. The molecule has 36 heavy (non-hydrogen) atoms. The highest BCUT2D eigenvalue weighted by molar-refractivity contribution is 7.92. The molecule has 0 aliphatic carbocycles. The molecule has 0 bridgehead atoms. The molecule has 190 valence electrons. The second kappa shape index (κ2) is 10.6. The molecule has 1 heterocycles. The minimum atomic E-state index is -3.58. The summed E-state index contributed by atoms with van der Waals surface area (Å²) in [6.07, 6.45) is 2.83. The Morgan fingerprint density at radius 3 is 2.03 bits per heavy atom. The molecule has 3 aromatic rings. The Labute approximate surface area is 216 Å². The number of hydrogen-bond donors (Lipinski definition) is 1. The molecule has 8 nitrogen and oxygen atoms in total. The molecule has 1 saturated heterocycles. The molecule has 1 amide bonds. The highest BCUT2D eigenvalue weighted by Crippen LogP contribution is 2.24. The second-order valence-corrected chi connectivity index (χ2v) is 12.8. The van der Waals surface area contributed by atoms with Crippen LogP contribution in [0.4, 0.5) is 11.4 Å². The van der Waals surface area contributed by atoms with Gasteiger partial charge < -0.3 is 5.32 Å². The zero-order valence-corrected chi connectivity index (χ0v) is 22.0. The zero-order chi connectivity index (χ0) is 25.9. The van der Waals surface area contributed by atoms with Crippen LogP contribution in [0.25, 0.3) is 0 Å². The third-order valence-electron chi connectivity index (χ3n) is 5.87. The molecule has 11 heteroatoms. The largest absolute Gasteiger partial charge is 0.322 e. The van der Waals surface area contributed by atoms with Crippen molar-refractivity contribution < 1.29 is 21.6 Å². The Bertz CT molecular complexity index is 1440. The average Bonchev–Trinajstić information content (AvgIpc) is 3.40. The van der Waals surface area contributed by atoms with E-state index < -0.39 is 26.0 Å². The molecule has 3 aromatic carbocycles. The first-order valence-corrected chi connectivity index (χ1v) is 14.9. The van der Waals surface area contributed by atoms with Gasteiger partial charge in [0.15, 0.2) is 0 Å². The smallest absolute Gasteiger partial charge is 0.255 e. The number of halogens is 1. The Balaban J connectivity index is 1.46. The van der Waals surface area contributed by atoms with E-state index in [1.807, 2.05) is 0 Å². The van der Waals surface area contributed by atoms with E-state index in [1.165, 1.54) is 32.9 Å². The van der Waals surface area contributed by atoms with Crippen LogP contribution in [-0.2, 0) is 26.6 Å². The summed E-state index contributed by atoms with van der Waals surface area (Å²) in [4.78, 5) is 12.9. The number of sulfonamides is 2. The molecular weight excluding hydrogens is 522 g/mol. The molecule has 0 atom stereocenters. The molecule has 0 spiro atoms. The Morgan fingerprint density at radius 1 is 0.889 bits per heavy atom. The topological polar surface area (TPSA) is 104 Å². The fourth-order valence-electron chi connectivity index (χ4n) is 3.93. The molecule has 1 aliphatic rings. The van der Waals surface area contributed by atoms with Crippen LogP contribution in [0, 0.1) is 0 Å². The number of carbonyl (C=O) groups excluding carboxylic acids is 1. The first kappa shape index (κ1) is 26.2. The first-order valence-electron chi connectivity index (χ1n) is 11.3. The average molecular weight is 548 g/mol. The number of carbonyl (C=O) groups is 1. The molecular formula is C25H26ClN3O5S2. The molecule has 1 aliphatic heterocycles. The highest BCUT2D eigenvalue weighted by Gasteiger charge is 2.27. The van der Waals surface area contributed by atoms with Crippen molar-refractivity contribution in [3.63, 3.8) is 0 Å². The summed E-state index contributed by atoms with van der Waals surface area (Å²) >= 11 is 5.92. The van der Waals surface area contributed by atoms with Gasteiger partial charge >= 0.3 is 0 Å². The van der Waals surface area contributed by atoms with E-state index in [1.54, 1.807) is 48.5 Å². The van der Waals surface area contributed by atoms with Gasteiger partial charge in [0.25, 0.3) is 5.91 Å². The summed E-state index contributed by atoms with van der Waals surface area (Å²) in [5, 5.41) is 3.30. The van der Waals surface area contributed by atoms with E-state index in [0.29, 0.717) is 35.1 Å². The standard InChI is InChI=1S/C25H26ClN3O5S2/c1-35(31,32)29(18-19-4-8-21(26)9-5-19)23-12-6-20(7-13-23)25(30)27-22-10-14-24(15-11-22)36(33,34)28-16-2-3-17-28/h4-15H,2-3,16-18H2,1H3,(H,27,30). The molecule has 0 radical (unpaired) electrons. The highest BCUT2D eigenvalue weighted by atomic mass is 35.5. The van der Waals surface area contributed by atoms with Crippen LogP contribution in [0.2, 0.25) is 5.02 Å². The number of rotatable bonds is 8. The van der Waals surface area contributed by atoms with Crippen molar-refractivity contribution in [1.29, 1.82) is 0 Å². The number of nitrogens with zero attached hydrogens (tertiary/aromatic N) is 2. The Kier molecular flexibility index (Phi) is 7.70. The van der Waals surface area contributed by atoms with Crippen molar-refractivity contribution in [1.82, 2.24) is 4.31 Å². The van der Waals surface area contributed by atoms with Crippen LogP contribution in [0.15, 0.2) is 77.7 Å². The molecule has 0 saturated carbocycles. The fraction of sp³-hybridized carbons (Fsp3) is 0.240. The number of nitrogens with one attached hydrogen (secondary N) is 1. The van der Waals surface area contributed by atoms with Gasteiger partial charge in [-0.05, 0) is 79.1 Å². The van der Waals surface area contributed by atoms with E-state index in [0.717, 1.165) is 24.7 Å². The number of benzene rings is 3. The fourth-order valence-corrected chi connectivity index (χ4v) is 6.46. The summed E-state index contributed by atoms with van der Waals surface area (Å²) < 4.78 is 52.9. The summed E-state index contributed by atoms with van der Waals surface area (Å²) in [7, 11) is -7.11. The lowest BCUT2D eigenvalue weighted by Gasteiger charge is -2.23. The molecule has 4 rings (SSSR count). The minimum Gasteiger partial charge on any atom is -0.322 e. The van der Waals surface area contributed by atoms with Crippen molar-refractivity contribution in [2.24, 2.45) is 0 Å². The lowest BCUT2D eigenvalue weighted by atomic mass is 10.1. The lowest BCUT2D eigenvalue weighted by Crippen LogP contribution is -2.29. The summed E-state index contributed by atoms with van der Waals surface area (Å²) in [6, 6.07) is 19.2. The third-order valence-corrected chi connectivity index (χ3v) is 9.18. The van der Waals surface area contributed by atoms with Crippen molar-refractivity contribution in [3.8, 4) is 0 Å². The number of anilines is 2. The minimum absolute atomic E-state index is 0.119. The molecule has 0 unspecified atom stereocenters. The predicted molar refractivity (Wildman–Crippen MR) is 141 cm³/mol. The lowest BCUT2D eigenvalue weighted by molar-refractivity contribution is 0.102. The van der Waals surface area contributed by atoms with Gasteiger partial charge in [-0.25, -0.2) is 16.8 Å². The summed E-state index contributed by atoms with van der Waals surface area (Å²) in [5.41, 5.74) is 1.96. The van der Waals surface area contributed by atoms with E-state index in [-0.39, 0.29) is 11.4 Å². The maximum Gasteiger partial charge on any atom is 0.255 e. The van der Waals surface area contributed by atoms with E-state index in [4.69, 9.17) is 11.6 Å². The summed E-state index contributed by atoms with van der Waals surface area (Å²) in [6.45, 7) is 1.16. The maximum atomic E-state index is 12.7. The van der Waals surface area contributed by atoms with Gasteiger partial charge in [0, 0.05) is 29.4 Å². The van der Waals surface area contributed by atoms with Gasteiger partial charge in [0.05, 0.1) is 23.4 Å². The Morgan fingerprint density at radius 2 is 1.47 bits per heavy atom. The van der Waals surface area contributed by atoms with Crippen molar-refractivity contribution in [2.75, 3.05) is 29.0 Å². The van der Waals surface area contributed by atoms with E-state index in [2.05, 4.69) is 5.32 Å². The van der Waals surface area contributed by atoms with Crippen LogP contribution >= 0.6 is 11.6 Å². The molecule has 1 fully saturated rings. The van der Waals surface area contributed by atoms with Crippen molar-refractivity contribution in [2.45, 2.75) is 24.3 Å². The van der Waals surface area contributed by atoms with Crippen molar-refractivity contribution >= 4 is 48.9 Å². The number of hydrogen-bond acceptors (Lipinski definition) is 5. The normalized spacial score (nSPS) is 14.5. The Hall–Kier alpha value is -2.92. The first-order chi connectivity index (χ1) is 17.0. The zero-order valence-electron chi connectivity index (χ0n) is 19.6. The number of amides is 1. The maximum absolute atomic E-state index is 12.7. The van der Waals surface area contributed by atoms with Crippen LogP contribution in [0.3, 0.4) is 0 Å². The van der Waals surface area contributed by atoms with E-state index in [9.17, 15) is 21.6 Å². The van der Waals surface area contributed by atoms with Gasteiger partial charge in [-0.2, -0.15) is 4.31 Å². The van der Waals surface area contributed by atoms with Gasteiger partial charge in [0.1, 0.15) is 0 Å². The van der Waals surface area contributed by atoms with Crippen LogP contribution < -0.4 is 9.62 Å². The predicted octanol–water partition coefficient (Wildman–Crippen LogP) is 4.34. The van der Waals surface area contributed by atoms with Crippen molar-refractivity contribution in [3.05, 3.63) is 88.9 Å². The second-order valence-electron chi connectivity index (χ2n) is 8.53. The van der Waals surface area contributed by atoms with Gasteiger partial charge in [-0.3, -0.25) is 9.10 Å². The SMILES string of the molecule is CS(=O)(=O)N(Cc1ccc(Cl)cc1)c1ccc(C(=O)Nc2ccc(S(=O)(=O)N3CCCC3)cc2)cc1. The monoisotopic (exact) mass is 547 g/mol. The van der Waals surface area contributed by atoms with Crippen LogP contribution in [0.1, 0.15) is 28.8 Å². The van der Waals surface area contributed by atoms with Gasteiger partial charge in [-0.1, -0.05) is 23.7 Å². The molecule has 0 aromatic heterocycles. The third kappa shape index (κ3) is 6.07. The van der Waals surface area contributed by atoms with Gasteiger partial charge in [0.2, 0.25) is 20.0 Å². The van der Waals surface area contributed by atoms with Crippen LogP contribution in [-0.4, -0.2) is 46.4 Å². The van der Waals surface area contributed by atoms with E-state index >= 15 is 0 Å².